The van der Waals surface area contributed by atoms with Gasteiger partial charge in [0.1, 0.15) is 5.41 Å². The van der Waals surface area contributed by atoms with Gasteiger partial charge in [-0.15, -0.1) is 0 Å². The van der Waals surface area contributed by atoms with Crippen molar-refractivity contribution in [3.63, 3.8) is 0 Å². The van der Waals surface area contributed by atoms with Crippen LogP contribution >= 0.6 is 11.6 Å². The number of hydrogen-bond acceptors (Lipinski definition) is 3. The average Bonchev–Trinajstić information content (AvgIpc) is 3.37. The number of unbranched alkanes of at least 4 members (excludes halogenated alkanes) is 1. The van der Waals surface area contributed by atoms with Crippen LogP contribution in [0.15, 0.2) is 91.1 Å². The number of aliphatic hydroxyl groups is 1. The molecule has 10 heteroatoms. The van der Waals surface area contributed by atoms with Crippen molar-refractivity contribution < 1.29 is 28.1 Å². The normalized spacial score (nSPS) is 16.5. The van der Waals surface area contributed by atoms with E-state index in [1.54, 1.807) is 30.5 Å². The number of carbonyl (C=O) groups excluding carboxylic acids is 1. The molecule has 6 rings (SSSR count). The van der Waals surface area contributed by atoms with Crippen LogP contribution < -0.4 is 10.3 Å². The number of benzene rings is 3. The van der Waals surface area contributed by atoms with E-state index >= 15 is 0 Å². The smallest absolute Gasteiger partial charge is 0.448 e. The Morgan fingerprint density at radius 1 is 0.936 bits per heavy atom. The molecule has 1 aromatic heterocycles. The summed E-state index contributed by atoms with van der Waals surface area (Å²) in [5, 5.41) is 15.1. The number of aromatic nitrogens is 1. The molecule has 47 heavy (non-hydrogen) atoms. The van der Waals surface area contributed by atoms with Crippen molar-refractivity contribution in [2.24, 2.45) is 0 Å². The molecule has 2 aliphatic rings. The first-order chi connectivity index (χ1) is 22.7. The first-order valence-corrected chi connectivity index (χ1v) is 16.3. The van der Waals surface area contributed by atoms with Crippen LogP contribution in [0.25, 0.3) is 22.4 Å². The molecule has 0 radical (unpaired) electrons. The number of pyridine rings is 1. The van der Waals surface area contributed by atoms with Crippen LogP contribution in [0.1, 0.15) is 53.6 Å². The second kappa shape index (κ2) is 13.9. The summed E-state index contributed by atoms with van der Waals surface area (Å²) in [5.41, 5.74) is 4.37. The van der Waals surface area contributed by atoms with Gasteiger partial charge in [-0.2, -0.15) is 13.2 Å². The first-order valence-electron chi connectivity index (χ1n) is 16.0. The Hall–Kier alpha value is -4.21. The lowest BCUT2D eigenvalue weighted by Crippen LogP contribution is -2.80. The van der Waals surface area contributed by atoms with Gasteiger partial charge >= 0.3 is 12.1 Å². The minimum atomic E-state index is -4.46. The molecule has 1 aliphatic heterocycles. The van der Waals surface area contributed by atoms with Gasteiger partial charge in [0.15, 0.2) is 0 Å². The highest BCUT2D eigenvalue weighted by molar-refractivity contribution is 6.30. The van der Waals surface area contributed by atoms with E-state index in [9.17, 15) is 23.1 Å². The molecule has 0 saturated carbocycles. The molecule has 0 atom stereocenters. The van der Waals surface area contributed by atoms with Crippen LogP contribution in [0.5, 0.6) is 0 Å². The van der Waals surface area contributed by atoms with Crippen LogP contribution in [0, 0.1) is 0 Å². The molecule has 244 valence electrons. The van der Waals surface area contributed by atoms with Gasteiger partial charge in [-0.05, 0) is 78.7 Å². The Balaban J connectivity index is 1.07. The zero-order valence-corrected chi connectivity index (χ0v) is 26.6. The molecule has 3 aromatic carbocycles. The second-order valence-electron chi connectivity index (χ2n) is 12.3. The van der Waals surface area contributed by atoms with Crippen molar-refractivity contribution in [3.05, 3.63) is 113 Å². The summed E-state index contributed by atoms with van der Waals surface area (Å²) < 4.78 is 39.6. The van der Waals surface area contributed by atoms with Crippen LogP contribution in [-0.4, -0.2) is 65.2 Å². The van der Waals surface area contributed by atoms with Crippen LogP contribution in [0.2, 0.25) is 5.02 Å². The van der Waals surface area contributed by atoms with Gasteiger partial charge in [0.25, 0.3) is 5.91 Å². The Morgan fingerprint density at radius 2 is 1.57 bits per heavy atom. The number of alkyl halides is 3. The maximum absolute atomic E-state index is 13.3. The van der Waals surface area contributed by atoms with E-state index in [2.05, 4.69) is 20.2 Å². The maximum atomic E-state index is 13.3. The molecule has 0 bridgehead atoms. The number of piperidine rings is 1. The fraction of sp³-hybridized carbons (Fsp3) is 0.324. The van der Waals surface area contributed by atoms with E-state index in [4.69, 9.17) is 11.6 Å². The molecule has 4 aromatic rings. The van der Waals surface area contributed by atoms with E-state index in [0.717, 1.165) is 66.7 Å². The summed E-state index contributed by atoms with van der Waals surface area (Å²) in [5.74, 6) is -0.518. The number of amides is 1. The van der Waals surface area contributed by atoms with E-state index in [-0.39, 0.29) is 17.8 Å². The highest BCUT2D eigenvalue weighted by Gasteiger charge is 2.51. The Morgan fingerprint density at radius 3 is 2.21 bits per heavy atom. The Labute approximate surface area is 277 Å². The van der Waals surface area contributed by atoms with Crippen LogP contribution in [-0.2, 0) is 5.41 Å². The summed E-state index contributed by atoms with van der Waals surface area (Å²) in [7, 11) is 0. The SMILES string of the molecule is O=C(NC1CCN(CCCCC2(C(O)=[NH+]CC(F)(F)F)c3ccccc3-c3ccccc32)CC1)c1cccnc1-c1ccc(Cl)cc1. The van der Waals surface area contributed by atoms with E-state index in [1.165, 1.54) is 0 Å². The fourth-order valence-corrected chi connectivity index (χ4v) is 7.14. The third kappa shape index (κ3) is 7.06. The van der Waals surface area contributed by atoms with Gasteiger partial charge in [0.2, 0.25) is 6.54 Å². The quantitative estimate of drug-likeness (QED) is 0.105. The number of halogens is 4. The molecule has 6 nitrogen and oxygen atoms in total. The summed E-state index contributed by atoms with van der Waals surface area (Å²) in [4.78, 5) is 22.4. The molecule has 2 heterocycles. The standard InChI is InChI=1S/C37H36ClF3N4O2/c38-26-15-13-25(14-16-26)33-30(10-7-20-42-33)34(46)44-27-17-22-45(23-18-27)21-6-5-19-36(35(47)43-24-37(39,40)41)31-11-3-1-8-28(31)29-9-2-4-12-32(29)36/h1-4,7-16,20,27H,5-6,17-19,21-24H2,(H,43,47)(H,44,46)/p+1. The number of nitrogens with zero attached hydrogens (tertiary/aromatic N) is 2. The molecule has 1 aliphatic carbocycles. The maximum Gasteiger partial charge on any atom is 0.448 e. The molecule has 1 amide bonds. The van der Waals surface area contributed by atoms with Gasteiger partial charge in [0.05, 0.1) is 11.3 Å². The largest absolute Gasteiger partial charge is 0.463 e. The summed E-state index contributed by atoms with van der Waals surface area (Å²) >= 11 is 6.04. The highest BCUT2D eigenvalue weighted by atomic mass is 35.5. The van der Waals surface area contributed by atoms with Gasteiger partial charge in [-0.3, -0.25) is 9.78 Å². The van der Waals surface area contributed by atoms with E-state index in [1.807, 2.05) is 60.7 Å². The van der Waals surface area contributed by atoms with Crippen molar-refractivity contribution in [1.82, 2.24) is 15.2 Å². The molecule has 1 fully saturated rings. The predicted octanol–water partition coefficient (Wildman–Crippen LogP) is 6.33. The number of carbonyl (C=O) groups is 1. The lowest BCUT2D eigenvalue weighted by molar-refractivity contribution is -0.509. The van der Waals surface area contributed by atoms with Gasteiger partial charge in [0, 0.05) is 35.9 Å². The number of rotatable bonds is 10. The summed E-state index contributed by atoms with van der Waals surface area (Å²) in [6, 6.07) is 26.1. The molecule has 1 saturated heterocycles. The molecular weight excluding hydrogens is 625 g/mol. The van der Waals surface area contributed by atoms with Gasteiger partial charge in [-0.1, -0.05) is 78.7 Å². The average molecular weight is 662 g/mol. The van der Waals surface area contributed by atoms with Crippen LogP contribution in [0.4, 0.5) is 13.2 Å². The highest BCUT2D eigenvalue weighted by Crippen LogP contribution is 2.51. The monoisotopic (exact) mass is 661 g/mol. The first kappa shape index (κ1) is 32.7. The van der Waals surface area contributed by atoms with Gasteiger partial charge in [-0.25, -0.2) is 4.99 Å². The Kier molecular flexibility index (Phi) is 9.66. The predicted molar refractivity (Wildman–Crippen MR) is 178 cm³/mol. The van der Waals surface area contributed by atoms with Gasteiger partial charge < -0.3 is 15.3 Å². The zero-order valence-electron chi connectivity index (χ0n) is 25.9. The molecular formula is C37H37ClF3N4O2+. The number of nitrogens with one attached hydrogen (secondary N) is 2. The summed E-state index contributed by atoms with van der Waals surface area (Å²) in [6.45, 7) is 1.16. The number of fused-ring (bicyclic) bond motifs is 3. The van der Waals surface area contributed by atoms with Crippen molar-refractivity contribution >= 4 is 23.4 Å². The molecule has 0 spiro atoms. The topological polar surface area (TPSA) is 79.4 Å². The lowest BCUT2D eigenvalue weighted by Gasteiger charge is -2.33. The second-order valence-corrected chi connectivity index (χ2v) is 12.7. The molecule has 0 unspecified atom stereocenters. The minimum Gasteiger partial charge on any atom is -0.463 e. The third-order valence-corrected chi connectivity index (χ3v) is 9.55. The number of hydrogen-bond donors (Lipinski definition) is 3. The van der Waals surface area contributed by atoms with Crippen molar-refractivity contribution in [2.75, 3.05) is 26.2 Å². The minimum absolute atomic E-state index is 0.0399. The Bertz CT molecular complexity index is 1710. The van der Waals surface area contributed by atoms with E-state index < -0.39 is 18.1 Å². The van der Waals surface area contributed by atoms with Crippen molar-refractivity contribution in [2.45, 2.75) is 49.7 Å². The fourth-order valence-electron chi connectivity index (χ4n) is 7.02. The number of aliphatic hydroxyl groups excluding tert-OH is 1. The van der Waals surface area contributed by atoms with E-state index in [0.29, 0.717) is 29.1 Å². The van der Waals surface area contributed by atoms with Crippen molar-refractivity contribution in [1.29, 1.82) is 0 Å². The number of likely N-dealkylation sites (tertiary alicyclic amines) is 1. The molecule has 3 N–H and O–H groups in total. The third-order valence-electron chi connectivity index (χ3n) is 9.29. The summed E-state index contributed by atoms with van der Waals surface area (Å²) in [6.07, 6.45) is 0.803. The zero-order chi connectivity index (χ0) is 33.0. The lowest BCUT2D eigenvalue weighted by atomic mass is 9.74. The van der Waals surface area contributed by atoms with Crippen LogP contribution in [0.3, 0.4) is 0 Å². The van der Waals surface area contributed by atoms with Crippen molar-refractivity contribution in [3.8, 4) is 22.4 Å².